The second kappa shape index (κ2) is 6.73. The number of carbonyl (C=O) groups excluding carboxylic acids is 1. The molecule has 0 aliphatic heterocycles. The van der Waals surface area contributed by atoms with Crippen LogP contribution in [-0.2, 0) is 16.1 Å². The molecule has 0 spiro atoms. The Morgan fingerprint density at radius 3 is 2.05 bits per heavy atom. The smallest absolute Gasteiger partial charge is 0.343 e. The molecule has 0 aromatic heterocycles. The summed E-state index contributed by atoms with van der Waals surface area (Å²) in [7, 11) is 1.34. The van der Waals surface area contributed by atoms with Crippen LogP contribution in [0.5, 0.6) is 5.75 Å². The van der Waals surface area contributed by atoms with Crippen LogP contribution < -0.4 is 10.5 Å². The highest BCUT2D eigenvalue weighted by Gasteiger charge is 2.03. The van der Waals surface area contributed by atoms with E-state index in [9.17, 15) is 4.79 Å². The summed E-state index contributed by atoms with van der Waals surface area (Å²) in [6.45, 7) is 0.717. The maximum atomic E-state index is 11.0. The molecule has 0 saturated heterocycles. The first-order chi connectivity index (χ1) is 9.72. The van der Waals surface area contributed by atoms with Gasteiger partial charge in [-0.2, -0.15) is 0 Å². The molecule has 0 fully saturated rings. The highest BCUT2D eigenvalue weighted by atomic mass is 16.6. The third kappa shape index (κ3) is 3.59. The first-order valence-corrected chi connectivity index (χ1v) is 6.41. The van der Waals surface area contributed by atoms with Crippen LogP contribution in [0.15, 0.2) is 48.5 Å². The Kier molecular flexibility index (Phi) is 4.74. The largest absolute Gasteiger partial charge is 0.482 e. The number of methoxy groups -OCH3 is 1. The van der Waals surface area contributed by atoms with Crippen LogP contribution in [0, 0.1) is 0 Å². The molecular weight excluding hydrogens is 254 g/mol. The molecule has 0 unspecified atom stereocenters. The maximum Gasteiger partial charge on any atom is 0.343 e. The molecule has 4 nitrogen and oxygen atoms in total. The molecule has 2 aromatic rings. The van der Waals surface area contributed by atoms with Gasteiger partial charge >= 0.3 is 5.97 Å². The van der Waals surface area contributed by atoms with Crippen molar-refractivity contribution < 1.29 is 20.0 Å². The monoisotopic (exact) mass is 272 g/mol. The minimum atomic E-state index is -0.391. The van der Waals surface area contributed by atoms with Crippen LogP contribution in [0.3, 0.4) is 0 Å². The molecule has 4 heteroatoms. The van der Waals surface area contributed by atoms with E-state index in [0.29, 0.717) is 5.75 Å². The van der Waals surface area contributed by atoms with Crippen LogP contribution in [0.4, 0.5) is 0 Å². The third-order valence-corrected chi connectivity index (χ3v) is 3.01. The Morgan fingerprint density at radius 2 is 1.55 bits per heavy atom. The van der Waals surface area contributed by atoms with Crippen molar-refractivity contribution in [2.24, 2.45) is 0 Å². The molecular formula is C16H18NO3+. The van der Waals surface area contributed by atoms with Gasteiger partial charge in [0, 0.05) is 5.56 Å². The predicted octanol–water partition coefficient (Wildman–Crippen LogP) is 1.65. The fourth-order valence-corrected chi connectivity index (χ4v) is 1.81. The highest BCUT2D eigenvalue weighted by Crippen LogP contribution is 2.22. The lowest BCUT2D eigenvalue weighted by atomic mass is 10.0. The predicted molar refractivity (Wildman–Crippen MR) is 76.0 cm³/mol. The third-order valence-electron chi connectivity index (χ3n) is 3.01. The van der Waals surface area contributed by atoms with E-state index in [1.54, 1.807) is 0 Å². The summed E-state index contributed by atoms with van der Waals surface area (Å²) in [6, 6.07) is 15.9. The van der Waals surface area contributed by atoms with E-state index in [-0.39, 0.29) is 6.61 Å². The lowest BCUT2D eigenvalue weighted by Gasteiger charge is -2.06. The fraction of sp³-hybridized carbons (Fsp3) is 0.188. The Hall–Kier alpha value is -2.33. The summed E-state index contributed by atoms with van der Waals surface area (Å²) in [6.07, 6.45) is 0. The normalized spacial score (nSPS) is 10.1. The van der Waals surface area contributed by atoms with Crippen molar-refractivity contribution in [2.75, 3.05) is 13.7 Å². The summed E-state index contributed by atoms with van der Waals surface area (Å²) in [5.41, 5.74) is 7.32. The molecule has 2 rings (SSSR count). The van der Waals surface area contributed by atoms with Crippen molar-refractivity contribution in [1.82, 2.24) is 0 Å². The van der Waals surface area contributed by atoms with Crippen molar-refractivity contribution in [1.29, 1.82) is 0 Å². The van der Waals surface area contributed by atoms with Crippen LogP contribution in [0.1, 0.15) is 5.56 Å². The van der Waals surface area contributed by atoms with Crippen molar-refractivity contribution in [2.45, 2.75) is 6.54 Å². The molecule has 0 radical (unpaired) electrons. The van der Waals surface area contributed by atoms with Gasteiger partial charge in [-0.25, -0.2) is 4.79 Å². The summed E-state index contributed by atoms with van der Waals surface area (Å²) in [5, 5.41) is 0. The van der Waals surface area contributed by atoms with Crippen LogP contribution >= 0.6 is 0 Å². The van der Waals surface area contributed by atoms with E-state index in [1.165, 1.54) is 12.7 Å². The summed E-state index contributed by atoms with van der Waals surface area (Å²) in [5.74, 6) is 0.256. The van der Waals surface area contributed by atoms with Crippen molar-refractivity contribution >= 4 is 5.97 Å². The molecule has 0 aliphatic carbocycles. The Balaban J connectivity index is 2.05. The molecule has 0 saturated carbocycles. The SMILES string of the molecule is COC(=O)COc1ccc(-c2ccc(C[NH3+])cc2)cc1. The number of quaternary nitrogens is 1. The molecule has 0 amide bonds. The zero-order chi connectivity index (χ0) is 14.4. The Labute approximate surface area is 118 Å². The quantitative estimate of drug-likeness (QED) is 0.842. The first-order valence-electron chi connectivity index (χ1n) is 6.41. The van der Waals surface area contributed by atoms with Gasteiger partial charge < -0.3 is 15.2 Å². The Bertz CT molecular complexity index is 561. The van der Waals surface area contributed by atoms with Gasteiger partial charge in [0.25, 0.3) is 0 Å². The molecule has 3 N–H and O–H groups in total. The summed E-state index contributed by atoms with van der Waals surface area (Å²) >= 11 is 0. The van der Waals surface area contributed by atoms with Gasteiger partial charge in [-0.1, -0.05) is 36.4 Å². The second-order valence-corrected chi connectivity index (χ2v) is 4.34. The zero-order valence-electron chi connectivity index (χ0n) is 11.5. The van der Waals surface area contributed by atoms with Crippen molar-refractivity contribution in [3.63, 3.8) is 0 Å². The average Bonchev–Trinajstić information content (AvgIpc) is 2.53. The fourth-order valence-electron chi connectivity index (χ4n) is 1.81. The molecule has 0 bridgehead atoms. The minimum Gasteiger partial charge on any atom is -0.482 e. The van der Waals surface area contributed by atoms with E-state index in [2.05, 4.69) is 34.7 Å². The lowest BCUT2D eigenvalue weighted by molar-refractivity contribution is -0.386. The van der Waals surface area contributed by atoms with Crippen LogP contribution in [0.25, 0.3) is 11.1 Å². The highest BCUT2D eigenvalue weighted by molar-refractivity contribution is 5.71. The number of hydrogen-bond acceptors (Lipinski definition) is 3. The second-order valence-electron chi connectivity index (χ2n) is 4.34. The van der Waals surface area contributed by atoms with Crippen LogP contribution in [-0.4, -0.2) is 19.7 Å². The lowest BCUT2D eigenvalue weighted by Crippen LogP contribution is -2.47. The maximum absolute atomic E-state index is 11.0. The molecule has 0 aliphatic rings. The molecule has 2 aromatic carbocycles. The Morgan fingerprint density at radius 1 is 1.00 bits per heavy atom. The first kappa shape index (κ1) is 14.1. The number of esters is 1. The van der Waals surface area contributed by atoms with Gasteiger partial charge in [0.05, 0.1) is 13.7 Å². The van der Waals surface area contributed by atoms with Gasteiger partial charge in [-0.05, 0) is 23.3 Å². The van der Waals surface area contributed by atoms with E-state index in [1.807, 2.05) is 24.3 Å². The number of ether oxygens (including phenoxy) is 2. The van der Waals surface area contributed by atoms with Gasteiger partial charge in [0.1, 0.15) is 5.75 Å². The number of benzene rings is 2. The van der Waals surface area contributed by atoms with E-state index in [4.69, 9.17) is 4.74 Å². The van der Waals surface area contributed by atoms with Gasteiger partial charge in [0.15, 0.2) is 6.61 Å². The molecule has 0 heterocycles. The average molecular weight is 272 g/mol. The minimum absolute atomic E-state index is 0.0754. The molecule has 0 atom stereocenters. The topological polar surface area (TPSA) is 63.2 Å². The molecule has 104 valence electrons. The standard InChI is InChI=1S/C16H17NO3/c1-19-16(18)11-20-15-8-6-14(7-9-15)13-4-2-12(10-17)3-5-13/h2-9H,10-11,17H2,1H3/p+1. The zero-order valence-corrected chi connectivity index (χ0v) is 11.5. The summed E-state index contributed by atoms with van der Waals surface area (Å²) in [4.78, 5) is 11.0. The van der Waals surface area contributed by atoms with Gasteiger partial charge in [0.2, 0.25) is 0 Å². The van der Waals surface area contributed by atoms with Crippen molar-refractivity contribution in [3.8, 4) is 16.9 Å². The number of rotatable bonds is 5. The van der Waals surface area contributed by atoms with Gasteiger partial charge in [-0.15, -0.1) is 0 Å². The number of hydrogen-bond donors (Lipinski definition) is 1. The van der Waals surface area contributed by atoms with E-state index >= 15 is 0 Å². The molecule has 20 heavy (non-hydrogen) atoms. The van der Waals surface area contributed by atoms with E-state index < -0.39 is 5.97 Å². The summed E-state index contributed by atoms with van der Waals surface area (Å²) < 4.78 is 9.82. The van der Waals surface area contributed by atoms with Crippen LogP contribution in [0.2, 0.25) is 0 Å². The van der Waals surface area contributed by atoms with Crippen molar-refractivity contribution in [3.05, 3.63) is 54.1 Å². The number of carbonyl (C=O) groups is 1. The van der Waals surface area contributed by atoms with E-state index in [0.717, 1.165) is 17.7 Å². The van der Waals surface area contributed by atoms with Gasteiger partial charge in [-0.3, -0.25) is 0 Å².